The third-order valence-corrected chi connectivity index (χ3v) is 11.0. The van der Waals surface area contributed by atoms with Crippen LogP contribution in [0.25, 0.3) is 71.7 Å². The number of nitrogens with zero attached hydrogens (tertiary/aromatic N) is 2. The molecular formula is C48H33N3. The first-order valence-corrected chi connectivity index (χ1v) is 17.8. The number of fused-ring (bicyclic) bond motifs is 9. The number of allylic oxidation sites excluding steroid dienone is 4. The number of para-hydroxylation sites is 4. The van der Waals surface area contributed by atoms with E-state index in [4.69, 9.17) is 0 Å². The lowest BCUT2D eigenvalue weighted by Gasteiger charge is -2.20. The minimum Gasteiger partial charge on any atom is -0.358 e. The van der Waals surface area contributed by atoms with Crippen molar-refractivity contribution in [3.63, 3.8) is 0 Å². The van der Waals surface area contributed by atoms with Gasteiger partial charge in [0.1, 0.15) is 0 Å². The summed E-state index contributed by atoms with van der Waals surface area (Å²) in [4.78, 5) is 0. The van der Waals surface area contributed by atoms with E-state index in [1.165, 1.54) is 94.2 Å². The lowest BCUT2D eigenvalue weighted by atomic mass is 9.84. The van der Waals surface area contributed by atoms with Crippen LogP contribution in [0.5, 0.6) is 0 Å². The highest BCUT2D eigenvalue weighted by molar-refractivity contribution is 6.11. The SMILES string of the molecule is C1=C(c2ccc3c(c2)c2ccccc2n3-c2ccccc2)CC2C(=C1)Nc1ccc(-c3ccc4c(c3)c3ccccc3n4-c3ccccc3)cc12. The maximum Gasteiger partial charge on any atom is 0.0541 e. The van der Waals surface area contributed by atoms with Crippen LogP contribution in [-0.4, -0.2) is 9.13 Å². The predicted octanol–water partition coefficient (Wildman–Crippen LogP) is 12.4. The van der Waals surface area contributed by atoms with Gasteiger partial charge in [-0.1, -0.05) is 97.1 Å². The Bertz CT molecular complexity index is 2900. The fraction of sp³-hybridized carbons (Fsp3) is 0.0417. The molecule has 0 saturated carbocycles. The molecule has 0 spiro atoms. The molecule has 2 aromatic heterocycles. The van der Waals surface area contributed by atoms with Gasteiger partial charge in [-0.15, -0.1) is 0 Å². The third-order valence-electron chi connectivity index (χ3n) is 11.0. The van der Waals surface area contributed by atoms with E-state index in [9.17, 15) is 0 Å². The molecule has 1 atom stereocenters. The Morgan fingerprint density at radius 1 is 0.431 bits per heavy atom. The van der Waals surface area contributed by atoms with Crippen molar-refractivity contribution in [1.82, 2.24) is 9.13 Å². The second-order valence-corrected chi connectivity index (χ2v) is 13.8. The molecule has 240 valence electrons. The van der Waals surface area contributed by atoms with Crippen molar-refractivity contribution in [2.75, 3.05) is 5.32 Å². The van der Waals surface area contributed by atoms with Crippen LogP contribution in [0, 0.1) is 0 Å². The second-order valence-electron chi connectivity index (χ2n) is 13.8. The minimum atomic E-state index is 0.296. The van der Waals surface area contributed by atoms with Gasteiger partial charge in [-0.3, -0.25) is 0 Å². The normalized spacial score (nSPS) is 15.2. The average molecular weight is 652 g/mol. The zero-order valence-electron chi connectivity index (χ0n) is 27.9. The zero-order valence-corrected chi connectivity index (χ0v) is 27.9. The van der Waals surface area contributed by atoms with E-state index in [-0.39, 0.29) is 0 Å². The van der Waals surface area contributed by atoms with Crippen molar-refractivity contribution < 1.29 is 0 Å². The van der Waals surface area contributed by atoms with Crippen LogP contribution in [0.3, 0.4) is 0 Å². The predicted molar refractivity (Wildman–Crippen MR) is 214 cm³/mol. The smallest absolute Gasteiger partial charge is 0.0541 e. The van der Waals surface area contributed by atoms with E-state index < -0.39 is 0 Å². The molecule has 11 rings (SSSR count). The number of nitrogens with one attached hydrogen (secondary N) is 1. The standard InChI is InChI=1S/C48H33N3/c1-3-11-35(12-4-1)50-45-17-9-7-15-37(45)41-29-33(21-25-47(41)50)31-19-23-43-39(27-31)40-28-32(20-24-44(40)49-43)34-22-26-48-42(30-34)38-16-8-10-18-46(38)51(48)36-13-5-2-6-14-36/h1-27,29-30,40,49H,28H2. The molecule has 1 N–H and O–H groups in total. The van der Waals surface area contributed by atoms with Gasteiger partial charge in [0.15, 0.2) is 0 Å². The van der Waals surface area contributed by atoms with Gasteiger partial charge in [0.05, 0.1) is 22.1 Å². The molecule has 3 heterocycles. The zero-order chi connectivity index (χ0) is 33.5. The molecule has 0 saturated heterocycles. The maximum absolute atomic E-state index is 3.75. The Morgan fingerprint density at radius 2 is 0.941 bits per heavy atom. The molecule has 0 fully saturated rings. The number of hydrogen-bond acceptors (Lipinski definition) is 1. The van der Waals surface area contributed by atoms with Crippen molar-refractivity contribution in [2.45, 2.75) is 12.3 Å². The van der Waals surface area contributed by atoms with Gasteiger partial charge in [-0.25, -0.2) is 0 Å². The van der Waals surface area contributed by atoms with Crippen LogP contribution < -0.4 is 5.32 Å². The van der Waals surface area contributed by atoms with E-state index in [2.05, 4.69) is 190 Å². The number of rotatable bonds is 4. The van der Waals surface area contributed by atoms with Crippen molar-refractivity contribution >= 4 is 54.9 Å². The molecule has 51 heavy (non-hydrogen) atoms. The quantitative estimate of drug-likeness (QED) is 0.201. The lowest BCUT2D eigenvalue weighted by molar-refractivity contribution is 0.850. The molecule has 3 heteroatoms. The Kier molecular flexibility index (Phi) is 6.08. The topological polar surface area (TPSA) is 21.9 Å². The largest absolute Gasteiger partial charge is 0.358 e. The van der Waals surface area contributed by atoms with Crippen molar-refractivity contribution in [3.8, 4) is 22.5 Å². The number of aromatic nitrogens is 2. The van der Waals surface area contributed by atoms with E-state index >= 15 is 0 Å². The number of hydrogen-bond donors (Lipinski definition) is 1. The molecule has 0 bridgehead atoms. The minimum absolute atomic E-state index is 0.296. The van der Waals surface area contributed by atoms with Gasteiger partial charge in [-0.2, -0.15) is 0 Å². The third kappa shape index (κ3) is 4.31. The first-order valence-electron chi connectivity index (χ1n) is 17.8. The summed E-state index contributed by atoms with van der Waals surface area (Å²) in [5.74, 6) is 0.296. The van der Waals surface area contributed by atoms with Gasteiger partial charge in [0.2, 0.25) is 0 Å². The highest BCUT2D eigenvalue weighted by atomic mass is 15.0. The van der Waals surface area contributed by atoms with Gasteiger partial charge in [-0.05, 0) is 113 Å². The van der Waals surface area contributed by atoms with Gasteiger partial charge in [0, 0.05) is 50.2 Å². The molecule has 0 radical (unpaired) electrons. The van der Waals surface area contributed by atoms with E-state index in [1.54, 1.807) is 0 Å². The number of benzene rings is 7. The van der Waals surface area contributed by atoms with Crippen molar-refractivity contribution in [2.24, 2.45) is 0 Å². The van der Waals surface area contributed by atoms with Crippen LogP contribution in [-0.2, 0) is 0 Å². The summed E-state index contributed by atoms with van der Waals surface area (Å²) < 4.78 is 4.77. The van der Waals surface area contributed by atoms with Gasteiger partial charge in [0.25, 0.3) is 0 Å². The first-order chi connectivity index (χ1) is 25.3. The molecule has 1 unspecified atom stereocenters. The monoisotopic (exact) mass is 651 g/mol. The molecule has 0 amide bonds. The second kappa shape index (κ2) is 11.0. The summed E-state index contributed by atoms with van der Waals surface area (Å²) in [6, 6.07) is 59.8. The summed E-state index contributed by atoms with van der Waals surface area (Å²) >= 11 is 0. The highest BCUT2D eigenvalue weighted by Gasteiger charge is 2.30. The molecule has 2 aliphatic rings. The Balaban J connectivity index is 0.965. The highest BCUT2D eigenvalue weighted by Crippen LogP contribution is 2.48. The molecule has 7 aromatic carbocycles. The van der Waals surface area contributed by atoms with E-state index in [0.29, 0.717) is 5.92 Å². The molecule has 3 nitrogen and oxygen atoms in total. The summed E-state index contributed by atoms with van der Waals surface area (Å²) in [5, 5.41) is 8.87. The Morgan fingerprint density at radius 3 is 1.59 bits per heavy atom. The lowest BCUT2D eigenvalue weighted by Crippen LogP contribution is -2.05. The maximum atomic E-state index is 3.75. The molecule has 1 aliphatic carbocycles. The Labute approximate surface area is 296 Å². The molecule has 1 aliphatic heterocycles. The van der Waals surface area contributed by atoms with E-state index in [0.717, 1.165) is 6.42 Å². The van der Waals surface area contributed by atoms with Crippen LogP contribution in [0.2, 0.25) is 0 Å². The van der Waals surface area contributed by atoms with Crippen LogP contribution in [0.4, 0.5) is 5.69 Å². The Hall–Kier alpha value is -6.58. The molecular weight excluding hydrogens is 619 g/mol. The summed E-state index contributed by atoms with van der Waals surface area (Å²) in [6.07, 6.45) is 5.58. The van der Waals surface area contributed by atoms with Gasteiger partial charge >= 0.3 is 0 Å². The fourth-order valence-corrected chi connectivity index (χ4v) is 8.66. The van der Waals surface area contributed by atoms with Crippen molar-refractivity contribution in [3.05, 3.63) is 193 Å². The van der Waals surface area contributed by atoms with Crippen LogP contribution >= 0.6 is 0 Å². The molecule has 9 aromatic rings. The fourth-order valence-electron chi connectivity index (χ4n) is 8.66. The van der Waals surface area contributed by atoms with Crippen LogP contribution in [0.1, 0.15) is 23.5 Å². The van der Waals surface area contributed by atoms with Gasteiger partial charge < -0.3 is 14.5 Å². The summed E-state index contributed by atoms with van der Waals surface area (Å²) in [7, 11) is 0. The van der Waals surface area contributed by atoms with Crippen LogP contribution in [0.15, 0.2) is 182 Å². The average Bonchev–Trinajstić information content (AvgIpc) is 3.85. The summed E-state index contributed by atoms with van der Waals surface area (Å²) in [6.45, 7) is 0. The number of anilines is 1. The summed E-state index contributed by atoms with van der Waals surface area (Å²) in [5.41, 5.74) is 16.3. The van der Waals surface area contributed by atoms with Crippen molar-refractivity contribution in [1.29, 1.82) is 0 Å². The van der Waals surface area contributed by atoms with E-state index in [1.807, 2.05) is 0 Å². The first kappa shape index (κ1) is 28.3.